The molecule has 0 aliphatic heterocycles. The van der Waals surface area contributed by atoms with Gasteiger partial charge in [0.05, 0.1) is 20.8 Å². The van der Waals surface area contributed by atoms with E-state index in [-0.39, 0.29) is 12.6 Å². The van der Waals surface area contributed by atoms with Crippen LogP contribution in [0.25, 0.3) is 0 Å². The molecule has 8 nitrogen and oxygen atoms in total. The lowest BCUT2D eigenvalue weighted by atomic mass is 10.1. The van der Waals surface area contributed by atoms with Crippen LogP contribution in [0, 0.1) is 0 Å². The smallest absolute Gasteiger partial charge is 0.324 e. The van der Waals surface area contributed by atoms with Crippen LogP contribution in [-0.4, -0.2) is 53.1 Å². The number of carbonyl (C=O) groups excluding carboxylic acids is 1. The fourth-order valence-corrected chi connectivity index (χ4v) is 2.57. The number of benzene rings is 2. The normalized spacial score (nSPS) is 11.3. The number of anilines is 1. The Balaban J connectivity index is 2.16. The van der Waals surface area contributed by atoms with E-state index in [1.807, 2.05) is 36.4 Å². The van der Waals surface area contributed by atoms with Crippen molar-refractivity contribution in [1.82, 2.24) is 5.32 Å². The second kappa shape index (κ2) is 11.7. The molecule has 2 aromatic carbocycles. The standard InChI is InChI=1S/C21H27N3O5/c1-26-17-11-10-15(12-18(17)27-2)13-19(22-14-20(28-3)29-4)24-21(25)23-16-8-6-5-7-9-16/h5-12,20H,13-14H2,1-4H3,(H2,22,23,24,25). The molecule has 0 aliphatic carbocycles. The van der Waals surface area contributed by atoms with E-state index in [0.717, 1.165) is 5.56 Å². The molecule has 0 saturated carbocycles. The van der Waals surface area contributed by atoms with Crippen molar-refractivity contribution in [3.8, 4) is 11.5 Å². The van der Waals surface area contributed by atoms with Crippen LogP contribution in [0.4, 0.5) is 10.5 Å². The molecule has 0 aliphatic rings. The van der Waals surface area contributed by atoms with Crippen LogP contribution >= 0.6 is 0 Å². The maximum absolute atomic E-state index is 12.4. The maximum atomic E-state index is 12.4. The Hall–Kier alpha value is -3.10. The quantitative estimate of drug-likeness (QED) is 0.383. The van der Waals surface area contributed by atoms with E-state index in [9.17, 15) is 4.79 Å². The first-order chi connectivity index (χ1) is 14.1. The molecule has 0 saturated heterocycles. The summed E-state index contributed by atoms with van der Waals surface area (Å²) >= 11 is 0. The molecular weight excluding hydrogens is 374 g/mol. The van der Waals surface area contributed by atoms with Gasteiger partial charge in [0.2, 0.25) is 0 Å². The monoisotopic (exact) mass is 401 g/mol. The van der Waals surface area contributed by atoms with Crippen molar-refractivity contribution in [2.45, 2.75) is 12.7 Å². The molecule has 0 atom stereocenters. The van der Waals surface area contributed by atoms with E-state index < -0.39 is 6.29 Å². The van der Waals surface area contributed by atoms with Gasteiger partial charge < -0.3 is 24.3 Å². The van der Waals surface area contributed by atoms with Crippen molar-refractivity contribution in [2.24, 2.45) is 4.99 Å². The fraction of sp³-hybridized carbons (Fsp3) is 0.333. The highest BCUT2D eigenvalue weighted by atomic mass is 16.7. The number of para-hydroxylation sites is 1. The van der Waals surface area contributed by atoms with Gasteiger partial charge in [0.15, 0.2) is 17.8 Å². The molecule has 2 rings (SSSR count). The summed E-state index contributed by atoms with van der Waals surface area (Å²) in [7, 11) is 6.22. The van der Waals surface area contributed by atoms with Crippen LogP contribution in [0.2, 0.25) is 0 Å². The van der Waals surface area contributed by atoms with Crippen LogP contribution in [-0.2, 0) is 15.9 Å². The first-order valence-corrected chi connectivity index (χ1v) is 9.02. The third-order valence-corrected chi connectivity index (χ3v) is 4.07. The highest BCUT2D eigenvalue weighted by Gasteiger charge is 2.12. The average Bonchev–Trinajstić information content (AvgIpc) is 2.74. The number of aliphatic imine (C=N–C) groups is 1. The van der Waals surface area contributed by atoms with Crippen LogP contribution in [0.15, 0.2) is 53.5 Å². The Kier molecular flexibility index (Phi) is 8.94. The average molecular weight is 401 g/mol. The van der Waals surface area contributed by atoms with Gasteiger partial charge >= 0.3 is 6.03 Å². The van der Waals surface area contributed by atoms with E-state index >= 15 is 0 Å². The van der Waals surface area contributed by atoms with Gasteiger partial charge in [0.1, 0.15) is 5.84 Å². The van der Waals surface area contributed by atoms with Crippen LogP contribution in [0.3, 0.4) is 0 Å². The Morgan fingerprint density at radius 3 is 2.28 bits per heavy atom. The SMILES string of the molecule is COc1ccc(CC(=NCC(OC)OC)NC(=O)Nc2ccccc2)cc1OC. The van der Waals surface area contributed by atoms with Crippen molar-refractivity contribution in [1.29, 1.82) is 0 Å². The lowest BCUT2D eigenvalue weighted by molar-refractivity contribution is -0.0937. The number of methoxy groups -OCH3 is 4. The number of hydrogen-bond acceptors (Lipinski definition) is 6. The molecule has 156 valence electrons. The second-order valence-electron chi connectivity index (χ2n) is 6.00. The Labute approximate surface area is 170 Å². The van der Waals surface area contributed by atoms with E-state index in [1.165, 1.54) is 14.2 Å². The van der Waals surface area contributed by atoms with Gasteiger partial charge in [-0.3, -0.25) is 10.3 Å². The van der Waals surface area contributed by atoms with Crippen LogP contribution in [0.1, 0.15) is 5.56 Å². The lowest BCUT2D eigenvalue weighted by Crippen LogP contribution is -2.36. The summed E-state index contributed by atoms with van der Waals surface area (Å²) in [6.07, 6.45) is -0.128. The molecule has 0 bridgehead atoms. The molecule has 0 unspecified atom stereocenters. The zero-order chi connectivity index (χ0) is 21.1. The highest BCUT2D eigenvalue weighted by molar-refractivity contribution is 6.03. The number of rotatable bonds is 9. The van der Waals surface area contributed by atoms with E-state index in [4.69, 9.17) is 18.9 Å². The Morgan fingerprint density at radius 2 is 1.66 bits per heavy atom. The number of amides is 2. The van der Waals surface area contributed by atoms with Gasteiger partial charge in [0.25, 0.3) is 0 Å². The molecule has 0 heterocycles. The summed E-state index contributed by atoms with van der Waals surface area (Å²) in [4.78, 5) is 16.9. The molecule has 29 heavy (non-hydrogen) atoms. The second-order valence-corrected chi connectivity index (χ2v) is 6.00. The van der Waals surface area contributed by atoms with Crippen molar-refractivity contribution in [3.05, 3.63) is 54.1 Å². The van der Waals surface area contributed by atoms with Gasteiger partial charge in [-0.15, -0.1) is 0 Å². The minimum Gasteiger partial charge on any atom is -0.493 e. The largest absolute Gasteiger partial charge is 0.493 e. The molecule has 0 fully saturated rings. The van der Waals surface area contributed by atoms with Gasteiger partial charge in [-0.25, -0.2) is 4.79 Å². The first kappa shape index (κ1) is 22.2. The van der Waals surface area contributed by atoms with Crippen LogP contribution in [0.5, 0.6) is 11.5 Å². The molecule has 2 N–H and O–H groups in total. The summed E-state index contributed by atoms with van der Waals surface area (Å²) in [5.74, 6) is 1.69. The summed E-state index contributed by atoms with van der Waals surface area (Å²) in [6.45, 7) is 0.237. The van der Waals surface area contributed by atoms with Gasteiger partial charge in [-0.05, 0) is 29.8 Å². The minimum absolute atomic E-state index is 0.237. The predicted molar refractivity (Wildman–Crippen MR) is 112 cm³/mol. The molecule has 0 aromatic heterocycles. The minimum atomic E-state index is -0.505. The summed E-state index contributed by atoms with van der Waals surface area (Å²) in [5, 5.41) is 5.58. The molecular formula is C21H27N3O5. The highest BCUT2D eigenvalue weighted by Crippen LogP contribution is 2.27. The zero-order valence-corrected chi connectivity index (χ0v) is 17.1. The van der Waals surface area contributed by atoms with Gasteiger partial charge in [-0.1, -0.05) is 24.3 Å². The van der Waals surface area contributed by atoms with Crippen molar-refractivity contribution in [2.75, 3.05) is 40.3 Å². The fourth-order valence-electron chi connectivity index (χ4n) is 2.57. The number of nitrogens with one attached hydrogen (secondary N) is 2. The van der Waals surface area contributed by atoms with Crippen molar-refractivity contribution in [3.63, 3.8) is 0 Å². The number of carbonyl (C=O) groups is 1. The zero-order valence-electron chi connectivity index (χ0n) is 17.1. The summed E-state index contributed by atoms with van der Waals surface area (Å²) in [5.41, 5.74) is 1.58. The van der Waals surface area contributed by atoms with Gasteiger partial charge in [0, 0.05) is 26.3 Å². The third kappa shape index (κ3) is 7.10. The number of amidine groups is 1. The van der Waals surface area contributed by atoms with Crippen molar-refractivity contribution >= 4 is 17.6 Å². The molecule has 0 radical (unpaired) electrons. The third-order valence-electron chi connectivity index (χ3n) is 4.07. The lowest BCUT2D eigenvalue weighted by Gasteiger charge is -2.15. The Morgan fingerprint density at radius 1 is 0.966 bits per heavy atom. The molecule has 0 spiro atoms. The Bertz CT molecular complexity index is 807. The molecule has 2 amide bonds. The maximum Gasteiger partial charge on any atom is 0.324 e. The van der Waals surface area contributed by atoms with E-state index in [0.29, 0.717) is 29.4 Å². The molecule has 8 heteroatoms. The number of ether oxygens (including phenoxy) is 4. The number of hydrogen-bond donors (Lipinski definition) is 2. The summed E-state index contributed by atoms with van der Waals surface area (Å²) < 4.78 is 21.0. The van der Waals surface area contributed by atoms with Gasteiger partial charge in [-0.2, -0.15) is 0 Å². The van der Waals surface area contributed by atoms with Crippen LogP contribution < -0.4 is 20.1 Å². The first-order valence-electron chi connectivity index (χ1n) is 9.02. The number of urea groups is 1. The van der Waals surface area contributed by atoms with E-state index in [1.54, 1.807) is 26.4 Å². The molecule has 2 aromatic rings. The van der Waals surface area contributed by atoms with Crippen molar-refractivity contribution < 1.29 is 23.7 Å². The number of nitrogens with zero attached hydrogens (tertiary/aromatic N) is 1. The predicted octanol–water partition coefficient (Wildman–Crippen LogP) is 3.09. The summed E-state index contributed by atoms with van der Waals surface area (Å²) in [6, 6.07) is 14.3. The topological polar surface area (TPSA) is 90.4 Å². The van der Waals surface area contributed by atoms with E-state index in [2.05, 4.69) is 15.6 Å².